The normalized spacial score (nSPS) is 11.5. The lowest BCUT2D eigenvalue weighted by atomic mass is 10.0. The predicted octanol–water partition coefficient (Wildman–Crippen LogP) is 6.18. The van der Waals surface area contributed by atoms with Gasteiger partial charge in [0.1, 0.15) is 12.4 Å². The fourth-order valence-corrected chi connectivity index (χ4v) is 2.98. The number of carbonyl (C=O) groups is 1. The molecule has 0 saturated heterocycles. The van der Waals surface area contributed by atoms with Gasteiger partial charge in [-0.2, -0.15) is 13.2 Å². The standard InChI is InChI=1S/C25H21F3O3/c1-30-24(29)16-19-5-2-7-20(15-19)21-8-3-9-23(17-21)31-14-4-6-18-10-12-22(13-11-18)25(26,27)28/h2-13,15,17H,14,16H2,1H3/b6-4+. The van der Waals surface area contributed by atoms with Gasteiger partial charge in [0.2, 0.25) is 0 Å². The van der Waals surface area contributed by atoms with Crippen LogP contribution in [0.1, 0.15) is 16.7 Å². The van der Waals surface area contributed by atoms with Crippen LogP contribution in [-0.4, -0.2) is 19.7 Å². The Morgan fingerprint density at radius 2 is 1.61 bits per heavy atom. The minimum atomic E-state index is -4.34. The number of alkyl halides is 3. The topological polar surface area (TPSA) is 35.5 Å². The third-order valence-electron chi connectivity index (χ3n) is 4.57. The van der Waals surface area contributed by atoms with Crippen molar-refractivity contribution in [3.05, 3.63) is 95.6 Å². The Balaban J connectivity index is 1.62. The first kappa shape index (κ1) is 22.2. The zero-order valence-corrected chi connectivity index (χ0v) is 16.9. The number of carbonyl (C=O) groups excluding carboxylic acids is 1. The highest BCUT2D eigenvalue weighted by molar-refractivity contribution is 5.74. The maximum absolute atomic E-state index is 12.6. The minimum absolute atomic E-state index is 0.204. The first-order chi connectivity index (χ1) is 14.8. The Morgan fingerprint density at radius 1 is 0.935 bits per heavy atom. The van der Waals surface area contributed by atoms with Crippen LogP contribution in [-0.2, 0) is 22.1 Å². The average molecular weight is 426 g/mol. The van der Waals surface area contributed by atoms with E-state index in [-0.39, 0.29) is 19.0 Å². The summed E-state index contributed by atoms with van der Waals surface area (Å²) in [4.78, 5) is 11.5. The molecule has 3 rings (SSSR count). The first-order valence-corrected chi connectivity index (χ1v) is 9.58. The lowest BCUT2D eigenvalue weighted by molar-refractivity contribution is -0.140. The Labute approximate surface area is 178 Å². The molecule has 0 amide bonds. The van der Waals surface area contributed by atoms with E-state index in [0.717, 1.165) is 28.8 Å². The summed E-state index contributed by atoms with van der Waals surface area (Å²) in [5.74, 6) is 0.363. The summed E-state index contributed by atoms with van der Waals surface area (Å²) < 4.78 is 48.3. The van der Waals surface area contributed by atoms with Crippen molar-refractivity contribution in [2.45, 2.75) is 12.6 Å². The van der Waals surface area contributed by atoms with Gasteiger partial charge >= 0.3 is 12.1 Å². The maximum atomic E-state index is 12.6. The van der Waals surface area contributed by atoms with Crippen LogP contribution in [0, 0.1) is 0 Å². The van der Waals surface area contributed by atoms with Gasteiger partial charge in [0.05, 0.1) is 19.1 Å². The third-order valence-corrected chi connectivity index (χ3v) is 4.57. The van der Waals surface area contributed by atoms with Gasteiger partial charge in [-0.3, -0.25) is 4.79 Å². The van der Waals surface area contributed by atoms with Crippen LogP contribution < -0.4 is 4.74 Å². The van der Waals surface area contributed by atoms with Crippen molar-refractivity contribution in [2.24, 2.45) is 0 Å². The van der Waals surface area contributed by atoms with E-state index in [9.17, 15) is 18.0 Å². The summed E-state index contributed by atoms with van der Waals surface area (Å²) in [7, 11) is 1.36. The van der Waals surface area contributed by atoms with Crippen LogP contribution in [0.5, 0.6) is 5.75 Å². The highest BCUT2D eigenvalue weighted by Gasteiger charge is 2.29. The predicted molar refractivity (Wildman–Crippen MR) is 114 cm³/mol. The summed E-state index contributed by atoms with van der Waals surface area (Å²) in [5.41, 5.74) is 2.74. The van der Waals surface area contributed by atoms with Gasteiger partial charge in [0.15, 0.2) is 0 Å². The van der Waals surface area contributed by atoms with Crippen LogP contribution in [0.15, 0.2) is 78.9 Å². The van der Waals surface area contributed by atoms with E-state index in [4.69, 9.17) is 9.47 Å². The van der Waals surface area contributed by atoms with Gasteiger partial charge in [-0.15, -0.1) is 0 Å². The summed E-state index contributed by atoms with van der Waals surface area (Å²) in [6.45, 7) is 0.271. The molecule has 3 nitrogen and oxygen atoms in total. The highest BCUT2D eigenvalue weighted by Crippen LogP contribution is 2.29. The maximum Gasteiger partial charge on any atom is 0.416 e. The monoisotopic (exact) mass is 426 g/mol. The van der Waals surface area contributed by atoms with E-state index < -0.39 is 11.7 Å². The van der Waals surface area contributed by atoms with E-state index >= 15 is 0 Å². The Morgan fingerprint density at radius 3 is 2.29 bits per heavy atom. The quantitative estimate of drug-likeness (QED) is 0.423. The van der Waals surface area contributed by atoms with Crippen molar-refractivity contribution in [3.8, 4) is 16.9 Å². The molecule has 0 aliphatic heterocycles. The summed E-state index contributed by atoms with van der Waals surface area (Å²) in [6, 6.07) is 20.1. The van der Waals surface area contributed by atoms with Crippen molar-refractivity contribution in [1.82, 2.24) is 0 Å². The van der Waals surface area contributed by atoms with Gasteiger partial charge in [0.25, 0.3) is 0 Å². The second-order valence-electron chi connectivity index (χ2n) is 6.81. The lowest BCUT2D eigenvalue weighted by Gasteiger charge is -2.08. The first-order valence-electron chi connectivity index (χ1n) is 9.58. The number of halogens is 3. The number of methoxy groups -OCH3 is 1. The van der Waals surface area contributed by atoms with Crippen molar-refractivity contribution in [1.29, 1.82) is 0 Å². The molecule has 0 aliphatic carbocycles. The lowest BCUT2D eigenvalue weighted by Crippen LogP contribution is -2.04. The molecule has 6 heteroatoms. The largest absolute Gasteiger partial charge is 0.490 e. The minimum Gasteiger partial charge on any atom is -0.490 e. The molecular formula is C25H21F3O3. The number of esters is 1. The molecule has 31 heavy (non-hydrogen) atoms. The number of rotatable bonds is 7. The zero-order valence-electron chi connectivity index (χ0n) is 16.9. The van der Waals surface area contributed by atoms with E-state index in [0.29, 0.717) is 11.3 Å². The molecular weight excluding hydrogens is 405 g/mol. The Bertz CT molecular complexity index is 1050. The van der Waals surface area contributed by atoms with Crippen LogP contribution in [0.25, 0.3) is 17.2 Å². The molecule has 0 N–H and O–H groups in total. The second-order valence-corrected chi connectivity index (χ2v) is 6.81. The number of hydrogen-bond acceptors (Lipinski definition) is 3. The SMILES string of the molecule is COC(=O)Cc1cccc(-c2cccc(OC/C=C/c3ccc(C(F)(F)F)cc3)c2)c1. The molecule has 0 atom stereocenters. The Kier molecular flexibility index (Phi) is 7.13. The molecule has 0 aliphatic rings. The van der Waals surface area contributed by atoms with Gasteiger partial charge < -0.3 is 9.47 Å². The summed E-state index contributed by atoms with van der Waals surface area (Å²) >= 11 is 0. The van der Waals surface area contributed by atoms with E-state index in [1.165, 1.54) is 19.2 Å². The van der Waals surface area contributed by atoms with E-state index in [1.54, 1.807) is 12.2 Å². The highest BCUT2D eigenvalue weighted by atomic mass is 19.4. The van der Waals surface area contributed by atoms with Crippen molar-refractivity contribution in [3.63, 3.8) is 0 Å². The molecule has 0 unspecified atom stereocenters. The molecule has 0 spiro atoms. The molecule has 0 fully saturated rings. The number of ether oxygens (including phenoxy) is 2. The fraction of sp³-hybridized carbons (Fsp3) is 0.160. The van der Waals surface area contributed by atoms with Gasteiger partial charge in [0, 0.05) is 0 Å². The zero-order chi connectivity index (χ0) is 22.3. The van der Waals surface area contributed by atoms with Crippen LogP contribution in [0.4, 0.5) is 13.2 Å². The van der Waals surface area contributed by atoms with E-state index in [2.05, 4.69) is 0 Å². The van der Waals surface area contributed by atoms with Crippen LogP contribution >= 0.6 is 0 Å². The fourth-order valence-electron chi connectivity index (χ4n) is 2.98. The molecule has 0 radical (unpaired) electrons. The molecule has 0 heterocycles. The molecule has 0 bridgehead atoms. The van der Waals surface area contributed by atoms with Crippen molar-refractivity contribution in [2.75, 3.05) is 13.7 Å². The second kappa shape index (κ2) is 9.98. The van der Waals surface area contributed by atoms with Crippen molar-refractivity contribution < 1.29 is 27.4 Å². The van der Waals surface area contributed by atoms with Crippen molar-refractivity contribution >= 4 is 12.0 Å². The summed E-state index contributed by atoms with van der Waals surface area (Å²) in [5, 5.41) is 0. The third kappa shape index (κ3) is 6.47. The molecule has 0 aromatic heterocycles. The Hall–Kier alpha value is -3.54. The molecule has 3 aromatic carbocycles. The van der Waals surface area contributed by atoms with Gasteiger partial charge in [-0.1, -0.05) is 54.6 Å². The smallest absolute Gasteiger partial charge is 0.416 e. The van der Waals surface area contributed by atoms with Gasteiger partial charge in [-0.25, -0.2) is 0 Å². The molecule has 160 valence electrons. The molecule has 0 saturated carbocycles. The number of hydrogen-bond donors (Lipinski definition) is 0. The van der Waals surface area contributed by atoms with Gasteiger partial charge in [-0.05, 0) is 52.6 Å². The van der Waals surface area contributed by atoms with Crippen LogP contribution in [0.2, 0.25) is 0 Å². The molecule has 3 aromatic rings. The van der Waals surface area contributed by atoms with Crippen LogP contribution in [0.3, 0.4) is 0 Å². The average Bonchev–Trinajstić information content (AvgIpc) is 2.77. The number of benzene rings is 3. The van der Waals surface area contributed by atoms with E-state index in [1.807, 2.05) is 48.5 Å². The summed E-state index contributed by atoms with van der Waals surface area (Å²) in [6.07, 6.45) is -0.684.